The maximum atomic E-state index is 5.81. The van der Waals surface area contributed by atoms with Crippen molar-refractivity contribution >= 4 is 28.0 Å². The minimum Gasteiger partial charge on any atom is -0.464 e. The molecule has 0 spiro atoms. The summed E-state index contributed by atoms with van der Waals surface area (Å²) in [5.74, 6) is 0. The van der Waals surface area contributed by atoms with Gasteiger partial charge in [-0.3, -0.25) is 0 Å². The van der Waals surface area contributed by atoms with Crippen LogP contribution in [0.4, 0.5) is 17.1 Å². The first-order valence-electron chi connectivity index (χ1n) is 24.5. The molecule has 70 heavy (non-hydrogen) atoms. The van der Waals surface area contributed by atoms with Crippen LogP contribution in [0.15, 0.2) is 241 Å². The summed E-state index contributed by atoms with van der Waals surface area (Å²) in [6, 6.07) is 85.9. The maximum Gasteiger partial charge on any atom is 0.133 e. The van der Waals surface area contributed by atoms with Crippen molar-refractivity contribution in [3.8, 4) is 33.4 Å². The van der Waals surface area contributed by atoms with Gasteiger partial charge in [0.15, 0.2) is 0 Å². The summed E-state index contributed by atoms with van der Waals surface area (Å²) in [4.78, 5) is 2.59. The van der Waals surface area contributed by atoms with Crippen LogP contribution in [-0.2, 0) is 10.8 Å². The average Bonchev–Trinajstić information content (AvgIpc) is 4.10. The van der Waals surface area contributed by atoms with Crippen LogP contribution >= 0.6 is 0 Å². The minimum absolute atomic E-state index is 0.559. The summed E-state index contributed by atoms with van der Waals surface area (Å²) in [6.45, 7) is 9.27. The molecule has 0 radical (unpaired) electrons. The largest absolute Gasteiger partial charge is 0.464 e. The molecule has 2 aliphatic carbocycles. The number of benzene rings is 10. The number of furan rings is 1. The molecule has 2 nitrogen and oxygen atoms in total. The SMILES string of the molecule is Cc1c(C)c(N(c2ccc3c(c2)C(c2ccccc2)(c2ccccc2)c2ccccc2-3)c2ccc3c(c2)C(c2ccccc2)(c2ccccc2)c2ccccc2-3)c(C)c(C)c1-c1ccc2occc2c1. The maximum absolute atomic E-state index is 5.81. The van der Waals surface area contributed by atoms with E-state index < -0.39 is 10.8 Å². The third kappa shape index (κ3) is 5.86. The summed E-state index contributed by atoms with van der Waals surface area (Å²) in [5.41, 5.74) is 25.9. The Morgan fingerprint density at radius 2 is 0.743 bits per heavy atom. The van der Waals surface area contributed by atoms with E-state index in [1.54, 1.807) is 6.26 Å². The summed E-state index contributed by atoms with van der Waals surface area (Å²) in [7, 11) is 0. The van der Waals surface area contributed by atoms with Crippen molar-refractivity contribution in [2.45, 2.75) is 38.5 Å². The Labute approximate surface area is 410 Å². The Morgan fingerprint density at radius 1 is 0.343 bits per heavy atom. The molecule has 2 aliphatic rings. The Kier molecular flexibility index (Phi) is 9.58. The number of anilines is 3. The van der Waals surface area contributed by atoms with Crippen LogP contribution in [0.25, 0.3) is 44.3 Å². The number of rotatable bonds is 8. The predicted molar refractivity (Wildman–Crippen MR) is 290 cm³/mol. The molecule has 2 heteroatoms. The number of hydrogen-bond donors (Lipinski definition) is 0. The number of nitrogens with zero attached hydrogens (tertiary/aromatic N) is 1. The van der Waals surface area contributed by atoms with Gasteiger partial charge in [0, 0.05) is 16.8 Å². The molecule has 13 rings (SSSR count). The topological polar surface area (TPSA) is 16.4 Å². The van der Waals surface area contributed by atoms with Gasteiger partial charge >= 0.3 is 0 Å². The Bertz CT molecular complexity index is 3520. The first-order chi connectivity index (χ1) is 34.4. The Hall–Kier alpha value is -8.46. The van der Waals surface area contributed by atoms with Gasteiger partial charge in [-0.1, -0.05) is 188 Å². The van der Waals surface area contributed by atoms with Gasteiger partial charge in [0.2, 0.25) is 0 Å². The highest BCUT2D eigenvalue weighted by atomic mass is 16.3. The molecule has 0 fully saturated rings. The van der Waals surface area contributed by atoms with Crippen LogP contribution in [-0.4, -0.2) is 0 Å². The minimum atomic E-state index is -0.559. The van der Waals surface area contributed by atoms with Crippen molar-refractivity contribution < 1.29 is 4.42 Å². The second-order valence-electron chi connectivity index (χ2n) is 19.2. The average molecular weight is 898 g/mol. The Morgan fingerprint density at radius 3 is 1.19 bits per heavy atom. The van der Waals surface area contributed by atoms with Crippen molar-refractivity contribution in [3.05, 3.63) is 304 Å². The summed E-state index contributed by atoms with van der Waals surface area (Å²) < 4.78 is 5.81. The fourth-order valence-corrected chi connectivity index (χ4v) is 12.7. The van der Waals surface area contributed by atoms with Crippen molar-refractivity contribution in [2.24, 2.45) is 0 Å². The summed E-state index contributed by atoms with van der Waals surface area (Å²) in [6.07, 6.45) is 1.78. The zero-order chi connectivity index (χ0) is 47.1. The first-order valence-corrected chi connectivity index (χ1v) is 24.5. The van der Waals surface area contributed by atoms with Crippen LogP contribution in [0, 0.1) is 27.7 Å². The van der Waals surface area contributed by atoms with Crippen LogP contribution in [0.2, 0.25) is 0 Å². The molecule has 1 heterocycles. The van der Waals surface area contributed by atoms with Gasteiger partial charge in [0.05, 0.1) is 22.8 Å². The molecule has 0 bridgehead atoms. The highest BCUT2D eigenvalue weighted by Crippen LogP contribution is 2.60. The highest BCUT2D eigenvalue weighted by molar-refractivity contribution is 5.95. The van der Waals surface area contributed by atoms with E-state index in [2.05, 4.69) is 263 Å². The van der Waals surface area contributed by atoms with Gasteiger partial charge < -0.3 is 9.32 Å². The fourth-order valence-electron chi connectivity index (χ4n) is 12.7. The lowest BCUT2D eigenvalue weighted by atomic mass is 9.67. The standard InChI is InChI=1S/C68H51NO/c1-44-46(3)66(47(4)45(2)65(44)49-33-38-64-48(41-49)39-40-70-64)69(54-34-36-58-56-29-17-19-31-60(56)67(62(58)42-54,50-21-9-5-10-22-50)51-23-11-6-12-24-51)55-35-37-59-57-30-18-20-32-61(57)68(63(59)43-55,52-25-13-7-14-26-52)53-27-15-8-16-28-53/h5-43H,1-4H3. The fraction of sp³-hybridized carbons (Fsp3) is 0.0882. The van der Waals surface area contributed by atoms with E-state index in [1.165, 1.54) is 106 Å². The molecule has 0 atom stereocenters. The molecule has 0 saturated carbocycles. The van der Waals surface area contributed by atoms with Gasteiger partial charge in [-0.25, -0.2) is 0 Å². The molecule has 0 aliphatic heterocycles. The van der Waals surface area contributed by atoms with Crippen LogP contribution in [0.3, 0.4) is 0 Å². The predicted octanol–water partition coefficient (Wildman–Crippen LogP) is 17.5. The van der Waals surface area contributed by atoms with E-state index in [0.29, 0.717) is 0 Å². The molecule has 11 aromatic rings. The van der Waals surface area contributed by atoms with Gasteiger partial charge in [0.25, 0.3) is 0 Å². The van der Waals surface area contributed by atoms with Crippen LogP contribution in [0.5, 0.6) is 0 Å². The molecule has 1 aromatic heterocycles. The Balaban J connectivity index is 1.12. The molecule has 0 amide bonds. The number of hydrogen-bond acceptors (Lipinski definition) is 2. The van der Waals surface area contributed by atoms with Crippen molar-refractivity contribution in [1.29, 1.82) is 0 Å². The smallest absolute Gasteiger partial charge is 0.133 e. The van der Waals surface area contributed by atoms with Crippen molar-refractivity contribution in [3.63, 3.8) is 0 Å². The van der Waals surface area contributed by atoms with E-state index in [9.17, 15) is 0 Å². The van der Waals surface area contributed by atoms with Crippen molar-refractivity contribution in [1.82, 2.24) is 0 Å². The molecule has 10 aromatic carbocycles. The molecule has 334 valence electrons. The zero-order valence-corrected chi connectivity index (χ0v) is 39.9. The highest BCUT2D eigenvalue weighted by Gasteiger charge is 2.48. The number of fused-ring (bicyclic) bond motifs is 7. The van der Waals surface area contributed by atoms with Crippen LogP contribution < -0.4 is 4.90 Å². The molecule has 0 N–H and O–H groups in total. The van der Waals surface area contributed by atoms with E-state index in [0.717, 1.165) is 22.3 Å². The quantitative estimate of drug-likeness (QED) is 0.151. The molecular formula is C68H51NO. The lowest BCUT2D eigenvalue weighted by molar-refractivity contribution is 0.616. The van der Waals surface area contributed by atoms with Crippen LogP contribution in [0.1, 0.15) is 66.8 Å². The summed E-state index contributed by atoms with van der Waals surface area (Å²) in [5, 5.41) is 1.11. The van der Waals surface area contributed by atoms with E-state index in [-0.39, 0.29) is 0 Å². The third-order valence-corrected chi connectivity index (χ3v) is 16.0. The third-order valence-electron chi connectivity index (χ3n) is 16.0. The van der Waals surface area contributed by atoms with E-state index in [4.69, 9.17) is 4.42 Å². The van der Waals surface area contributed by atoms with E-state index in [1.807, 2.05) is 0 Å². The van der Waals surface area contributed by atoms with Crippen molar-refractivity contribution in [2.75, 3.05) is 4.90 Å². The molecular weight excluding hydrogens is 847 g/mol. The first kappa shape index (κ1) is 41.7. The van der Waals surface area contributed by atoms with Gasteiger partial charge in [-0.05, 0) is 170 Å². The second kappa shape index (κ2) is 16.1. The lowest BCUT2D eigenvalue weighted by Crippen LogP contribution is -2.29. The zero-order valence-electron chi connectivity index (χ0n) is 39.9. The monoisotopic (exact) mass is 897 g/mol. The lowest BCUT2D eigenvalue weighted by Gasteiger charge is -2.37. The van der Waals surface area contributed by atoms with Gasteiger partial charge in [-0.2, -0.15) is 0 Å². The normalized spacial score (nSPS) is 13.7. The molecule has 0 saturated heterocycles. The second-order valence-corrected chi connectivity index (χ2v) is 19.2. The molecule has 0 unspecified atom stereocenters. The van der Waals surface area contributed by atoms with Gasteiger partial charge in [0.1, 0.15) is 5.58 Å². The van der Waals surface area contributed by atoms with Gasteiger partial charge in [-0.15, -0.1) is 0 Å². The van der Waals surface area contributed by atoms with E-state index >= 15 is 0 Å². The summed E-state index contributed by atoms with van der Waals surface area (Å²) >= 11 is 0.